The van der Waals surface area contributed by atoms with Crippen LogP contribution in [0, 0.1) is 0 Å². The number of carbonyl (C=O) groups excluding carboxylic acids is 2. The van der Waals surface area contributed by atoms with Gasteiger partial charge in [0.15, 0.2) is 0 Å². The lowest BCUT2D eigenvalue weighted by Crippen LogP contribution is -2.24. The lowest BCUT2D eigenvalue weighted by atomic mass is 10.2. The zero-order valence-electron chi connectivity index (χ0n) is 15.0. The van der Waals surface area contributed by atoms with Gasteiger partial charge in [0.2, 0.25) is 10.9 Å². The zero-order valence-corrected chi connectivity index (χ0v) is 18.2. The number of aromatic nitrogens is 2. The minimum absolute atomic E-state index is 0.0987. The summed E-state index contributed by atoms with van der Waals surface area (Å²) in [6.45, 7) is 0.381. The summed E-state index contributed by atoms with van der Waals surface area (Å²) < 4.78 is 0. The third-order valence-corrected chi connectivity index (χ3v) is 6.29. The number of anilines is 1. The van der Waals surface area contributed by atoms with E-state index in [0.29, 0.717) is 33.0 Å². The minimum atomic E-state index is -0.349. The highest BCUT2D eigenvalue weighted by molar-refractivity contribution is 7.99. The van der Waals surface area contributed by atoms with Crippen molar-refractivity contribution >= 4 is 63.8 Å². The van der Waals surface area contributed by atoms with Crippen LogP contribution < -0.4 is 10.6 Å². The first-order chi connectivity index (χ1) is 14.0. The van der Waals surface area contributed by atoms with E-state index in [4.69, 9.17) is 23.2 Å². The second-order valence-corrected chi connectivity index (χ2v) is 8.72. The van der Waals surface area contributed by atoms with Crippen LogP contribution in [0.2, 0.25) is 10.0 Å². The fourth-order valence-electron chi connectivity index (χ4n) is 2.27. The lowest BCUT2D eigenvalue weighted by Gasteiger charge is -2.06. The number of halogens is 2. The van der Waals surface area contributed by atoms with Gasteiger partial charge < -0.3 is 10.6 Å². The standard InChI is InChI=1S/C19H16Cl2N4O2S2/c20-13-5-3-6-14(8-13)23-18(27)19-25-24-17(29-19)11-28-10-16(26)22-9-12-4-1-2-7-15(12)21/h1-8H,9-11H2,(H,22,26)(H,23,27). The van der Waals surface area contributed by atoms with Gasteiger partial charge in [-0.05, 0) is 29.8 Å². The SMILES string of the molecule is O=C(CSCc1nnc(C(=O)Nc2cccc(Cl)c2)s1)NCc1ccccc1Cl. The maximum Gasteiger partial charge on any atom is 0.286 e. The molecule has 0 atom stereocenters. The van der Waals surface area contributed by atoms with E-state index in [1.807, 2.05) is 18.2 Å². The van der Waals surface area contributed by atoms with Gasteiger partial charge in [-0.3, -0.25) is 9.59 Å². The molecule has 29 heavy (non-hydrogen) atoms. The van der Waals surface area contributed by atoms with Gasteiger partial charge in [0.05, 0.1) is 5.75 Å². The largest absolute Gasteiger partial charge is 0.351 e. The molecule has 0 spiro atoms. The molecule has 2 N–H and O–H groups in total. The van der Waals surface area contributed by atoms with E-state index in [1.165, 1.54) is 23.1 Å². The van der Waals surface area contributed by atoms with Crippen LogP contribution in [0.3, 0.4) is 0 Å². The van der Waals surface area contributed by atoms with Gasteiger partial charge in [-0.15, -0.1) is 22.0 Å². The summed E-state index contributed by atoms with van der Waals surface area (Å²) in [7, 11) is 0. The summed E-state index contributed by atoms with van der Waals surface area (Å²) in [5.41, 5.74) is 1.45. The van der Waals surface area contributed by atoms with E-state index < -0.39 is 0 Å². The first-order valence-corrected chi connectivity index (χ1v) is 11.2. The highest BCUT2D eigenvalue weighted by Crippen LogP contribution is 2.20. The summed E-state index contributed by atoms with van der Waals surface area (Å²) in [6, 6.07) is 14.2. The van der Waals surface area contributed by atoms with Crippen molar-refractivity contribution in [2.75, 3.05) is 11.1 Å². The predicted octanol–water partition coefficient (Wildman–Crippen LogP) is 4.65. The van der Waals surface area contributed by atoms with Crippen LogP contribution in [0.1, 0.15) is 20.4 Å². The quantitative estimate of drug-likeness (QED) is 0.504. The molecule has 0 aliphatic carbocycles. The normalized spacial score (nSPS) is 10.6. The Bertz CT molecular complexity index is 1010. The summed E-state index contributed by atoms with van der Waals surface area (Å²) in [6.07, 6.45) is 0. The van der Waals surface area contributed by atoms with Gasteiger partial charge in [0.25, 0.3) is 5.91 Å². The molecule has 150 valence electrons. The molecule has 0 saturated carbocycles. The first-order valence-electron chi connectivity index (χ1n) is 8.48. The second-order valence-electron chi connectivity index (χ2n) is 5.83. The van der Waals surface area contributed by atoms with Crippen molar-refractivity contribution in [3.8, 4) is 0 Å². The average Bonchev–Trinajstić information content (AvgIpc) is 3.16. The molecule has 0 radical (unpaired) electrons. The molecule has 3 rings (SSSR count). The maximum absolute atomic E-state index is 12.2. The third-order valence-electron chi connectivity index (χ3n) is 3.64. The smallest absolute Gasteiger partial charge is 0.286 e. The molecule has 0 fully saturated rings. The number of benzene rings is 2. The number of hydrogen-bond donors (Lipinski definition) is 2. The van der Waals surface area contributed by atoms with Crippen LogP contribution in [0.4, 0.5) is 5.69 Å². The molecule has 0 bridgehead atoms. The van der Waals surface area contributed by atoms with Gasteiger partial charge in [0, 0.05) is 28.0 Å². The zero-order chi connectivity index (χ0) is 20.6. The molecule has 2 aromatic carbocycles. The Kier molecular flexibility index (Phi) is 7.88. The molecular weight excluding hydrogens is 451 g/mol. The molecule has 3 aromatic rings. The number of carbonyl (C=O) groups is 2. The Labute approximate surface area is 186 Å². The molecule has 10 heteroatoms. The second kappa shape index (κ2) is 10.6. The van der Waals surface area contributed by atoms with Gasteiger partial charge >= 0.3 is 0 Å². The summed E-state index contributed by atoms with van der Waals surface area (Å²) in [5.74, 6) is 0.312. The first kappa shape index (κ1) is 21.6. The van der Waals surface area contributed by atoms with Crippen LogP contribution in [-0.2, 0) is 17.1 Å². The van der Waals surface area contributed by atoms with Crippen LogP contribution >= 0.6 is 46.3 Å². The van der Waals surface area contributed by atoms with E-state index in [1.54, 1.807) is 30.3 Å². The van der Waals surface area contributed by atoms with Crippen LogP contribution in [0.15, 0.2) is 48.5 Å². The summed E-state index contributed by atoms with van der Waals surface area (Å²) in [4.78, 5) is 24.2. The summed E-state index contributed by atoms with van der Waals surface area (Å²) in [5, 5.41) is 15.6. The fourth-order valence-corrected chi connectivity index (χ4v) is 4.30. The molecule has 0 unspecified atom stereocenters. The van der Waals surface area contributed by atoms with E-state index in [2.05, 4.69) is 20.8 Å². The van der Waals surface area contributed by atoms with Gasteiger partial charge in [-0.25, -0.2) is 0 Å². The van der Waals surface area contributed by atoms with Crippen molar-refractivity contribution in [3.05, 3.63) is 74.2 Å². The molecule has 1 aromatic heterocycles. The third kappa shape index (κ3) is 6.71. The molecule has 0 saturated heterocycles. The Morgan fingerprint density at radius 1 is 1.07 bits per heavy atom. The van der Waals surface area contributed by atoms with Crippen molar-refractivity contribution in [2.24, 2.45) is 0 Å². The maximum atomic E-state index is 12.2. The number of thioether (sulfide) groups is 1. The molecule has 0 aliphatic heterocycles. The van der Waals surface area contributed by atoms with E-state index in [-0.39, 0.29) is 22.6 Å². The van der Waals surface area contributed by atoms with Crippen LogP contribution in [0.5, 0.6) is 0 Å². The van der Waals surface area contributed by atoms with E-state index in [9.17, 15) is 9.59 Å². The van der Waals surface area contributed by atoms with Crippen molar-refractivity contribution in [1.82, 2.24) is 15.5 Å². The molecule has 0 aliphatic rings. The molecule has 1 heterocycles. The summed E-state index contributed by atoms with van der Waals surface area (Å²) >= 11 is 14.6. The Balaban J connectivity index is 1.42. The number of nitrogens with zero attached hydrogens (tertiary/aromatic N) is 2. The van der Waals surface area contributed by atoms with Gasteiger partial charge in [-0.2, -0.15) is 0 Å². The van der Waals surface area contributed by atoms with Crippen molar-refractivity contribution in [1.29, 1.82) is 0 Å². The monoisotopic (exact) mass is 466 g/mol. The Hall–Kier alpha value is -2.13. The number of amides is 2. The lowest BCUT2D eigenvalue weighted by molar-refractivity contribution is -0.118. The number of nitrogens with one attached hydrogen (secondary N) is 2. The molecule has 6 nitrogen and oxygen atoms in total. The van der Waals surface area contributed by atoms with Gasteiger partial charge in [0.1, 0.15) is 5.01 Å². The number of hydrogen-bond acceptors (Lipinski definition) is 6. The highest BCUT2D eigenvalue weighted by Gasteiger charge is 2.14. The topological polar surface area (TPSA) is 84.0 Å². The van der Waals surface area contributed by atoms with E-state index >= 15 is 0 Å². The van der Waals surface area contributed by atoms with Gasteiger partial charge in [-0.1, -0.05) is 58.8 Å². The van der Waals surface area contributed by atoms with Crippen molar-refractivity contribution in [2.45, 2.75) is 12.3 Å². The van der Waals surface area contributed by atoms with Crippen LogP contribution in [-0.4, -0.2) is 27.8 Å². The van der Waals surface area contributed by atoms with Crippen LogP contribution in [0.25, 0.3) is 0 Å². The predicted molar refractivity (Wildman–Crippen MR) is 119 cm³/mol. The highest BCUT2D eigenvalue weighted by atomic mass is 35.5. The molecular formula is C19H16Cl2N4O2S2. The Morgan fingerprint density at radius 2 is 1.90 bits per heavy atom. The van der Waals surface area contributed by atoms with E-state index in [0.717, 1.165) is 5.56 Å². The average molecular weight is 467 g/mol. The number of rotatable bonds is 8. The van der Waals surface area contributed by atoms with Crippen molar-refractivity contribution < 1.29 is 9.59 Å². The fraction of sp³-hybridized carbons (Fsp3) is 0.158. The Morgan fingerprint density at radius 3 is 2.69 bits per heavy atom. The molecule has 2 amide bonds. The van der Waals surface area contributed by atoms with Crippen molar-refractivity contribution in [3.63, 3.8) is 0 Å². The minimum Gasteiger partial charge on any atom is -0.351 e.